The Labute approximate surface area is 206 Å². The van der Waals surface area contributed by atoms with Crippen LogP contribution in [0.4, 0.5) is 0 Å². The molecule has 1 amide bonds. The summed E-state index contributed by atoms with van der Waals surface area (Å²) >= 11 is 6.01. The van der Waals surface area contributed by atoms with Gasteiger partial charge in [-0.1, -0.05) is 35.9 Å². The van der Waals surface area contributed by atoms with Crippen LogP contribution in [0.3, 0.4) is 0 Å². The van der Waals surface area contributed by atoms with Crippen molar-refractivity contribution in [1.29, 1.82) is 0 Å². The molecule has 0 atom stereocenters. The molecule has 0 aliphatic carbocycles. The molecule has 4 rings (SSSR count). The Morgan fingerprint density at radius 3 is 2.34 bits per heavy atom. The highest BCUT2D eigenvalue weighted by molar-refractivity contribution is 6.30. The third kappa shape index (κ3) is 4.97. The lowest BCUT2D eigenvalue weighted by molar-refractivity contribution is -0.112. The summed E-state index contributed by atoms with van der Waals surface area (Å²) in [4.78, 5) is 30.8. The number of hydrogen-bond donors (Lipinski definition) is 1. The van der Waals surface area contributed by atoms with Crippen LogP contribution in [-0.4, -0.2) is 36.9 Å². The van der Waals surface area contributed by atoms with Gasteiger partial charge in [0.05, 0.1) is 32.2 Å². The monoisotopic (exact) mass is 491 g/mol. The SMILES string of the molecule is COc1cc(-c2nc3ccccc3c(=O)n2NC(=O)C=Cc2cccc(Cl)c2)cc(OC)c1OC. The van der Waals surface area contributed by atoms with Crippen LogP contribution in [0.1, 0.15) is 5.56 Å². The van der Waals surface area contributed by atoms with Crippen molar-refractivity contribution in [3.63, 3.8) is 0 Å². The first-order valence-electron chi connectivity index (χ1n) is 10.5. The van der Waals surface area contributed by atoms with Crippen molar-refractivity contribution in [3.8, 4) is 28.6 Å². The minimum absolute atomic E-state index is 0.192. The Morgan fingerprint density at radius 2 is 1.69 bits per heavy atom. The average Bonchev–Trinajstić information content (AvgIpc) is 2.88. The molecule has 1 N–H and O–H groups in total. The largest absolute Gasteiger partial charge is 0.493 e. The second kappa shape index (κ2) is 10.3. The quantitative estimate of drug-likeness (QED) is 0.382. The van der Waals surface area contributed by atoms with E-state index in [0.717, 1.165) is 10.2 Å². The highest BCUT2D eigenvalue weighted by Gasteiger charge is 2.19. The topological polar surface area (TPSA) is 91.7 Å². The first-order valence-corrected chi connectivity index (χ1v) is 10.9. The summed E-state index contributed by atoms with van der Waals surface area (Å²) in [5.74, 6) is 0.809. The molecular formula is C26H22ClN3O5. The Balaban J connectivity index is 1.84. The van der Waals surface area contributed by atoms with Gasteiger partial charge in [0.25, 0.3) is 11.5 Å². The summed E-state index contributed by atoms with van der Waals surface area (Å²) < 4.78 is 17.4. The van der Waals surface area contributed by atoms with E-state index in [1.54, 1.807) is 66.7 Å². The van der Waals surface area contributed by atoms with E-state index in [-0.39, 0.29) is 5.82 Å². The third-order valence-corrected chi connectivity index (χ3v) is 5.43. The van der Waals surface area contributed by atoms with Gasteiger partial charge in [-0.2, -0.15) is 4.68 Å². The fraction of sp³-hybridized carbons (Fsp3) is 0.115. The van der Waals surface area contributed by atoms with Crippen LogP contribution >= 0.6 is 11.6 Å². The van der Waals surface area contributed by atoms with Crippen molar-refractivity contribution >= 4 is 34.5 Å². The third-order valence-electron chi connectivity index (χ3n) is 5.20. The number of benzene rings is 3. The van der Waals surface area contributed by atoms with E-state index in [1.807, 2.05) is 0 Å². The second-order valence-corrected chi connectivity index (χ2v) is 7.81. The number of hydrogen-bond acceptors (Lipinski definition) is 6. The number of carbonyl (C=O) groups is 1. The molecule has 4 aromatic rings. The molecule has 9 heteroatoms. The zero-order valence-corrected chi connectivity index (χ0v) is 20.0. The Morgan fingerprint density at radius 1 is 0.971 bits per heavy atom. The molecule has 1 heterocycles. The number of rotatable bonds is 7. The van der Waals surface area contributed by atoms with E-state index >= 15 is 0 Å². The van der Waals surface area contributed by atoms with Gasteiger partial charge in [-0.25, -0.2) is 4.98 Å². The number of nitrogens with one attached hydrogen (secondary N) is 1. The zero-order valence-electron chi connectivity index (χ0n) is 19.2. The minimum Gasteiger partial charge on any atom is -0.493 e. The normalized spacial score (nSPS) is 11.0. The fourth-order valence-electron chi connectivity index (χ4n) is 3.57. The predicted octanol–water partition coefficient (Wildman–Crippen LogP) is 4.53. The van der Waals surface area contributed by atoms with Crippen LogP contribution in [0.2, 0.25) is 5.02 Å². The van der Waals surface area contributed by atoms with Crippen LogP contribution in [0.15, 0.2) is 71.5 Å². The molecular weight excluding hydrogens is 470 g/mol. The molecule has 0 unspecified atom stereocenters. The lowest BCUT2D eigenvalue weighted by atomic mass is 10.1. The molecule has 0 fully saturated rings. The summed E-state index contributed by atoms with van der Waals surface area (Å²) in [5.41, 5.74) is 3.87. The molecule has 178 valence electrons. The molecule has 0 spiro atoms. The number of halogens is 1. The van der Waals surface area contributed by atoms with Gasteiger partial charge >= 0.3 is 0 Å². The number of methoxy groups -OCH3 is 3. The van der Waals surface area contributed by atoms with Gasteiger partial charge < -0.3 is 14.2 Å². The molecule has 0 saturated heterocycles. The molecule has 0 bridgehead atoms. The van der Waals surface area contributed by atoms with Crippen LogP contribution < -0.4 is 25.2 Å². The van der Waals surface area contributed by atoms with Gasteiger partial charge in [0.15, 0.2) is 17.3 Å². The summed E-state index contributed by atoms with van der Waals surface area (Å²) in [6.45, 7) is 0. The molecule has 0 radical (unpaired) electrons. The van der Waals surface area contributed by atoms with E-state index < -0.39 is 11.5 Å². The van der Waals surface area contributed by atoms with E-state index in [9.17, 15) is 9.59 Å². The van der Waals surface area contributed by atoms with Crippen LogP contribution in [-0.2, 0) is 4.79 Å². The van der Waals surface area contributed by atoms with Crippen LogP contribution in [0, 0.1) is 0 Å². The van der Waals surface area contributed by atoms with Gasteiger partial charge in [0, 0.05) is 16.7 Å². The molecule has 3 aromatic carbocycles. The first kappa shape index (κ1) is 23.8. The highest BCUT2D eigenvalue weighted by atomic mass is 35.5. The lowest BCUT2D eigenvalue weighted by Gasteiger charge is -2.17. The molecule has 35 heavy (non-hydrogen) atoms. The highest BCUT2D eigenvalue weighted by Crippen LogP contribution is 2.40. The smallest absolute Gasteiger partial charge is 0.280 e. The van der Waals surface area contributed by atoms with Crippen molar-refractivity contribution < 1.29 is 19.0 Å². The molecule has 0 saturated carbocycles. The predicted molar refractivity (Wildman–Crippen MR) is 136 cm³/mol. The van der Waals surface area contributed by atoms with Gasteiger partial charge in [-0.15, -0.1) is 0 Å². The second-order valence-electron chi connectivity index (χ2n) is 7.37. The zero-order chi connectivity index (χ0) is 24.9. The first-order chi connectivity index (χ1) is 16.9. The standard InChI is InChI=1S/C26H22ClN3O5/c1-33-21-14-17(15-22(34-2)24(21)35-3)25-28-20-10-5-4-9-19(20)26(32)30(25)29-23(31)12-11-16-7-6-8-18(27)13-16/h4-15H,1-3H3,(H,29,31). The maximum atomic E-state index is 13.4. The lowest BCUT2D eigenvalue weighted by Crippen LogP contribution is -2.34. The molecule has 0 aliphatic heterocycles. The van der Waals surface area contributed by atoms with Crippen LogP contribution in [0.25, 0.3) is 28.4 Å². The number of amides is 1. The molecule has 1 aromatic heterocycles. The maximum absolute atomic E-state index is 13.4. The van der Waals surface area contributed by atoms with Gasteiger partial charge in [-0.3, -0.25) is 15.0 Å². The Bertz CT molecular complexity index is 1470. The van der Waals surface area contributed by atoms with Gasteiger partial charge in [0.1, 0.15) is 0 Å². The molecule has 8 nitrogen and oxygen atoms in total. The number of para-hydroxylation sites is 1. The maximum Gasteiger partial charge on any atom is 0.280 e. The van der Waals surface area contributed by atoms with E-state index in [1.165, 1.54) is 27.4 Å². The van der Waals surface area contributed by atoms with Crippen molar-refractivity contribution in [1.82, 2.24) is 9.66 Å². The fourth-order valence-corrected chi connectivity index (χ4v) is 3.77. The van der Waals surface area contributed by atoms with Crippen molar-refractivity contribution in [2.24, 2.45) is 0 Å². The molecule has 0 aliphatic rings. The number of carbonyl (C=O) groups excluding carboxylic acids is 1. The van der Waals surface area contributed by atoms with E-state index in [2.05, 4.69) is 10.4 Å². The van der Waals surface area contributed by atoms with Crippen molar-refractivity contribution in [2.45, 2.75) is 0 Å². The minimum atomic E-state index is -0.530. The number of fused-ring (bicyclic) bond motifs is 1. The van der Waals surface area contributed by atoms with E-state index in [0.29, 0.717) is 38.7 Å². The summed E-state index contributed by atoms with van der Waals surface area (Å²) in [5, 5.41) is 0.898. The summed E-state index contributed by atoms with van der Waals surface area (Å²) in [7, 11) is 4.48. The number of nitrogens with zero attached hydrogens (tertiary/aromatic N) is 2. The average molecular weight is 492 g/mol. The summed E-state index contributed by atoms with van der Waals surface area (Å²) in [6.07, 6.45) is 2.91. The van der Waals surface area contributed by atoms with Gasteiger partial charge in [0.2, 0.25) is 5.75 Å². The van der Waals surface area contributed by atoms with Crippen molar-refractivity contribution in [3.05, 3.63) is 87.7 Å². The van der Waals surface area contributed by atoms with Crippen molar-refractivity contribution in [2.75, 3.05) is 26.8 Å². The summed E-state index contributed by atoms with van der Waals surface area (Å²) in [6, 6.07) is 17.2. The van der Waals surface area contributed by atoms with Gasteiger partial charge in [-0.05, 0) is 48.0 Å². The number of ether oxygens (including phenoxy) is 3. The number of aromatic nitrogens is 2. The van der Waals surface area contributed by atoms with E-state index in [4.69, 9.17) is 25.8 Å². The van der Waals surface area contributed by atoms with Crippen LogP contribution in [0.5, 0.6) is 17.2 Å². The Kier molecular flexibility index (Phi) is 7.03. The Hall–Kier alpha value is -4.30.